The summed E-state index contributed by atoms with van der Waals surface area (Å²) in [7, 11) is 1.58. The molecule has 0 radical (unpaired) electrons. The van der Waals surface area contributed by atoms with Gasteiger partial charge in [0.05, 0.1) is 19.6 Å². The Morgan fingerprint density at radius 1 is 1.23 bits per heavy atom. The van der Waals surface area contributed by atoms with Gasteiger partial charge in [0.1, 0.15) is 11.5 Å². The molecule has 1 aromatic heterocycles. The Balaban J connectivity index is 1.94. The molecule has 0 spiro atoms. The highest BCUT2D eigenvalue weighted by atomic mass is 16.5. The summed E-state index contributed by atoms with van der Waals surface area (Å²) in [6.45, 7) is 1.94. The van der Waals surface area contributed by atoms with E-state index in [1.165, 1.54) is 12.1 Å². The zero-order chi connectivity index (χ0) is 16.1. The second-order valence-corrected chi connectivity index (χ2v) is 4.78. The van der Waals surface area contributed by atoms with Crippen LogP contribution in [-0.2, 0) is 11.3 Å². The van der Waals surface area contributed by atoms with Gasteiger partial charge in [0.25, 0.3) is 0 Å². The first-order valence-corrected chi connectivity index (χ1v) is 6.75. The van der Waals surface area contributed by atoms with E-state index >= 15 is 0 Å². The number of carbonyl (C=O) groups is 2. The van der Waals surface area contributed by atoms with E-state index in [-0.39, 0.29) is 24.1 Å². The third-order valence-corrected chi connectivity index (χ3v) is 3.32. The number of carboxylic acid groups (broad SMARTS) is 1. The van der Waals surface area contributed by atoms with Gasteiger partial charge < -0.3 is 19.6 Å². The second kappa shape index (κ2) is 6.80. The fraction of sp³-hybridized carbons (Fsp3) is 0.250. The number of carboxylic acids is 1. The average Bonchev–Trinajstić information content (AvgIpc) is 3.01. The summed E-state index contributed by atoms with van der Waals surface area (Å²) in [5.41, 5.74) is 0.865. The minimum absolute atomic E-state index is 0.145. The van der Waals surface area contributed by atoms with Crippen molar-refractivity contribution in [1.82, 2.24) is 5.32 Å². The Labute approximate surface area is 127 Å². The highest BCUT2D eigenvalue weighted by molar-refractivity contribution is 5.84. The van der Waals surface area contributed by atoms with Crippen LogP contribution in [0.4, 0.5) is 0 Å². The molecule has 6 nitrogen and oxygen atoms in total. The van der Waals surface area contributed by atoms with Crippen molar-refractivity contribution in [3.8, 4) is 5.75 Å². The van der Waals surface area contributed by atoms with E-state index in [0.717, 1.165) is 11.3 Å². The number of rotatable bonds is 6. The largest absolute Gasteiger partial charge is 0.497 e. The molecule has 22 heavy (non-hydrogen) atoms. The van der Waals surface area contributed by atoms with Crippen LogP contribution in [0, 0.1) is 0 Å². The number of carbonyl (C=O) groups excluding carboxylic acids is 1. The van der Waals surface area contributed by atoms with Crippen molar-refractivity contribution in [3.63, 3.8) is 0 Å². The number of hydrogen-bond acceptors (Lipinski definition) is 4. The molecule has 116 valence electrons. The number of benzene rings is 1. The molecular weight excluding hydrogens is 286 g/mol. The van der Waals surface area contributed by atoms with E-state index in [0.29, 0.717) is 5.76 Å². The lowest BCUT2D eigenvalue weighted by Crippen LogP contribution is -2.27. The van der Waals surface area contributed by atoms with Crippen LogP contribution in [0.5, 0.6) is 5.75 Å². The molecule has 1 atom stereocenters. The maximum Gasteiger partial charge on any atom is 0.371 e. The summed E-state index contributed by atoms with van der Waals surface area (Å²) < 4.78 is 10.2. The molecule has 0 bridgehead atoms. The van der Waals surface area contributed by atoms with E-state index in [4.69, 9.17) is 14.3 Å². The highest BCUT2D eigenvalue weighted by Gasteiger charge is 2.16. The molecule has 6 heteroatoms. The SMILES string of the molecule is COc1ccc(C(C)C(=O)NCc2ccc(C(=O)O)o2)cc1. The molecule has 0 fully saturated rings. The monoisotopic (exact) mass is 303 g/mol. The van der Waals surface area contributed by atoms with Gasteiger partial charge >= 0.3 is 5.97 Å². The van der Waals surface area contributed by atoms with Crippen molar-refractivity contribution in [2.75, 3.05) is 7.11 Å². The maximum atomic E-state index is 12.1. The van der Waals surface area contributed by atoms with Crippen LogP contribution >= 0.6 is 0 Å². The van der Waals surface area contributed by atoms with E-state index in [1.54, 1.807) is 26.2 Å². The van der Waals surface area contributed by atoms with Crippen LogP contribution in [0.15, 0.2) is 40.8 Å². The number of aromatic carboxylic acids is 1. The van der Waals surface area contributed by atoms with Crippen LogP contribution in [0.1, 0.15) is 34.7 Å². The van der Waals surface area contributed by atoms with Crippen LogP contribution in [0.2, 0.25) is 0 Å². The summed E-state index contributed by atoms with van der Waals surface area (Å²) in [4.78, 5) is 22.8. The van der Waals surface area contributed by atoms with Crippen molar-refractivity contribution in [2.45, 2.75) is 19.4 Å². The molecule has 0 saturated heterocycles. The lowest BCUT2D eigenvalue weighted by molar-refractivity contribution is -0.122. The zero-order valence-electron chi connectivity index (χ0n) is 12.3. The van der Waals surface area contributed by atoms with Gasteiger partial charge in [0.2, 0.25) is 11.7 Å². The molecule has 2 aromatic rings. The van der Waals surface area contributed by atoms with Gasteiger partial charge in [0, 0.05) is 0 Å². The summed E-state index contributed by atoms with van der Waals surface area (Å²) in [5, 5.41) is 11.5. The van der Waals surface area contributed by atoms with Crippen LogP contribution in [-0.4, -0.2) is 24.1 Å². The molecule has 1 unspecified atom stereocenters. The van der Waals surface area contributed by atoms with E-state index in [2.05, 4.69) is 5.32 Å². The van der Waals surface area contributed by atoms with Gasteiger partial charge in [-0.05, 0) is 36.8 Å². The Bertz CT molecular complexity index is 659. The minimum atomic E-state index is -1.14. The Morgan fingerprint density at radius 3 is 2.45 bits per heavy atom. The molecular formula is C16H17NO5. The highest BCUT2D eigenvalue weighted by Crippen LogP contribution is 2.19. The lowest BCUT2D eigenvalue weighted by Gasteiger charge is -2.12. The Morgan fingerprint density at radius 2 is 1.91 bits per heavy atom. The number of ether oxygens (including phenoxy) is 1. The smallest absolute Gasteiger partial charge is 0.371 e. The van der Waals surface area contributed by atoms with Crippen LogP contribution < -0.4 is 10.1 Å². The zero-order valence-corrected chi connectivity index (χ0v) is 12.3. The topological polar surface area (TPSA) is 88.8 Å². The number of amides is 1. The van der Waals surface area contributed by atoms with E-state index in [9.17, 15) is 9.59 Å². The standard InChI is InChI=1S/C16H17NO5/c1-10(11-3-5-12(21-2)6-4-11)15(18)17-9-13-7-8-14(22-13)16(19)20/h3-8,10H,9H2,1-2H3,(H,17,18)(H,19,20). The predicted molar refractivity (Wildman–Crippen MR) is 78.9 cm³/mol. The van der Waals surface area contributed by atoms with Gasteiger partial charge in [-0.1, -0.05) is 12.1 Å². The minimum Gasteiger partial charge on any atom is -0.497 e. The van der Waals surface area contributed by atoms with Crippen molar-refractivity contribution >= 4 is 11.9 Å². The number of nitrogens with one attached hydrogen (secondary N) is 1. The van der Waals surface area contributed by atoms with Gasteiger partial charge in [-0.15, -0.1) is 0 Å². The molecule has 0 saturated carbocycles. The first-order chi connectivity index (χ1) is 10.5. The first-order valence-electron chi connectivity index (χ1n) is 6.75. The van der Waals surface area contributed by atoms with Gasteiger partial charge in [-0.3, -0.25) is 4.79 Å². The van der Waals surface area contributed by atoms with Crippen molar-refractivity contribution in [3.05, 3.63) is 53.5 Å². The van der Waals surface area contributed by atoms with E-state index in [1.807, 2.05) is 12.1 Å². The molecule has 0 aliphatic carbocycles. The van der Waals surface area contributed by atoms with Crippen LogP contribution in [0.3, 0.4) is 0 Å². The van der Waals surface area contributed by atoms with Gasteiger partial charge in [-0.2, -0.15) is 0 Å². The quantitative estimate of drug-likeness (QED) is 0.855. The molecule has 2 rings (SSSR count). The molecule has 0 aliphatic rings. The summed E-state index contributed by atoms with van der Waals surface area (Å²) >= 11 is 0. The average molecular weight is 303 g/mol. The van der Waals surface area contributed by atoms with Crippen molar-refractivity contribution in [2.24, 2.45) is 0 Å². The Hall–Kier alpha value is -2.76. The summed E-state index contributed by atoms with van der Waals surface area (Å²) in [6, 6.07) is 10.1. The van der Waals surface area contributed by atoms with Gasteiger partial charge in [0.15, 0.2) is 0 Å². The number of hydrogen-bond donors (Lipinski definition) is 2. The summed E-state index contributed by atoms with van der Waals surface area (Å²) in [6.07, 6.45) is 0. The van der Waals surface area contributed by atoms with E-state index < -0.39 is 5.97 Å². The molecule has 1 amide bonds. The Kier molecular flexibility index (Phi) is 4.83. The molecule has 0 aliphatic heterocycles. The lowest BCUT2D eigenvalue weighted by atomic mass is 10.0. The first kappa shape index (κ1) is 15.6. The molecule has 1 aromatic carbocycles. The normalized spacial score (nSPS) is 11.7. The summed E-state index contributed by atoms with van der Waals surface area (Å²) in [5.74, 6) is -0.657. The van der Waals surface area contributed by atoms with Crippen molar-refractivity contribution in [1.29, 1.82) is 0 Å². The number of furan rings is 1. The fourth-order valence-electron chi connectivity index (χ4n) is 1.96. The van der Waals surface area contributed by atoms with Crippen molar-refractivity contribution < 1.29 is 23.8 Å². The molecule has 2 N–H and O–H groups in total. The third-order valence-electron chi connectivity index (χ3n) is 3.32. The number of methoxy groups -OCH3 is 1. The molecule has 1 heterocycles. The van der Waals surface area contributed by atoms with Gasteiger partial charge in [-0.25, -0.2) is 4.79 Å². The fourth-order valence-corrected chi connectivity index (χ4v) is 1.96. The van der Waals surface area contributed by atoms with Crippen LogP contribution in [0.25, 0.3) is 0 Å². The maximum absolute atomic E-state index is 12.1. The third kappa shape index (κ3) is 3.66. The second-order valence-electron chi connectivity index (χ2n) is 4.78. The predicted octanol–water partition coefficient (Wildman–Crippen LogP) is 2.41.